The second-order valence-electron chi connectivity index (χ2n) is 6.08. The Labute approximate surface area is 103 Å². The van der Waals surface area contributed by atoms with Crippen molar-refractivity contribution in [3.05, 3.63) is 0 Å². The summed E-state index contributed by atoms with van der Waals surface area (Å²) in [6.45, 7) is 7.56. The molecule has 2 rings (SSSR count). The summed E-state index contributed by atoms with van der Waals surface area (Å²) in [4.78, 5) is 11.7. The lowest BCUT2D eigenvalue weighted by atomic mass is 9.91. The minimum atomic E-state index is -0.199. The van der Waals surface area contributed by atoms with E-state index in [0.29, 0.717) is 19.6 Å². The molecule has 17 heavy (non-hydrogen) atoms. The van der Waals surface area contributed by atoms with Gasteiger partial charge in [-0.25, -0.2) is 0 Å². The third kappa shape index (κ3) is 3.42. The van der Waals surface area contributed by atoms with Crippen molar-refractivity contribution in [2.45, 2.75) is 58.3 Å². The van der Waals surface area contributed by atoms with Crippen LogP contribution in [0, 0.1) is 5.41 Å². The van der Waals surface area contributed by atoms with Crippen molar-refractivity contribution in [1.29, 1.82) is 0 Å². The fraction of sp³-hybridized carbons (Fsp3) is 0.923. The Morgan fingerprint density at radius 3 is 2.82 bits per heavy atom. The van der Waals surface area contributed by atoms with Crippen LogP contribution in [0.2, 0.25) is 0 Å². The summed E-state index contributed by atoms with van der Waals surface area (Å²) in [5, 5.41) is 0. The monoisotopic (exact) mass is 242 g/mol. The summed E-state index contributed by atoms with van der Waals surface area (Å²) < 4.78 is 16.5. The van der Waals surface area contributed by atoms with Gasteiger partial charge in [-0.05, 0) is 18.3 Å². The van der Waals surface area contributed by atoms with Gasteiger partial charge in [0.25, 0.3) is 0 Å². The Hall–Kier alpha value is -0.610. The molecule has 0 aliphatic carbocycles. The fourth-order valence-electron chi connectivity index (χ4n) is 2.24. The van der Waals surface area contributed by atoms with Crippen LogP contribution in [0.1, 0.15) is 40.0 Å². The average Bonchev–Trinajstić information content (AvgIpc) is 2.79. The molecule has 0 saturated carbocycles. The van der Waals surface area contributed by atoms with Gasteiger partial charge in [-0.15, -0.1) is 0 Å². The van der Waals surface area contributed by atoms with E-state index in [1.807, 2.05) is 0 Å². The molecule has 0 aromatic rings. The number of ether oxygens (including phenoxy) is 3. The molecule has 2 heterocycles. The highest BCUT2D eigenvalue weighted by atomic mass is 16.6. The van der Waals surface area contributed by atoms with Crippen LogP contribution < -0.4 is 0 Å². The molecule has 2 aliphatic rings. The Balaban J connectivity index is 1.75. The smallest absolute Gasteiger partial charge is 0.306 e. The molecule has 3 atom stereocenters. The molecule has 2 fully saturated rings. The number of carbonyl (C=O) groups excluding carboxylic acids is 1. The van der Waals surface area contributed by atoms with Crippen molar-refractivity contribution in [3.8, 4) is 0 Å². The standard InChI is InChI=1S/C13H22O4/c1-13(2,3)6-4-11(14)17-10-8-16-9-5-7-15-12(9)10/h9-10,12H,4-8H2,1-3H3/t9-,10?,12+/m1/s1. The van der Waals surface area contributed by atoms with Crippen LogP contribution in [-0.2, 0) is 19.0 Å². The lowest BCUT2D eigenvalue weighted by molar-refractivity contribution is -0.154. The predicted molar refractivity (Wildman–Crippen MR) is 62.7 cm³/mol. The molecule has 98 valence electrons. The summed E-state index contributed by atoms with van der Waals surface area (Å²) >= 11 is 0. The highest BCUT2D eigenvalue weighted by Gasteiger charge is 2.43. The van der Waals surface area contributed by atoms with E-state index in [-0.39, 0.29) is 29.7 Å². The molecule has 1 unspecified atom stereocenters. The number of hydrogen-bond acceptors (Lipinski definition) is 4. The molecule has 4 nitrogen and oxygen atoms in total. The molecule has 2 aliphatic heterocycles. The largest absolute Gasteiger partial charge is 0.457 e. The first-order valence-electron chi connectivity index (χ1n) is 6.38. The van der Waals surface area contributed by atoms with Crippen LogP contribution in [-0.4, -0.2) is 37.5 Å². The SMILES string of the molecule is CC(C)(C)CCC(=O)OC1CO[C@@H]2CCO[C@H]12. The Morgan fingerprint density at radius 1 is 1.35 bits per heavy atom. The maximum Gasteiger partial charge on any atom is 0.306 e. The van der Waals surface area contributed by atoms with Crippen molar-refractivity contribution in [2.75, 3.05) is 13.2 Å². The summed E-state index contributed by atoms with van der Waals surface area (Å²) in [5.41, 5.74) is 0.164. The Bertz CT molecular complexity index is 282. The van der Waals surface area contributed by atoms with Crippen LogP contribution in [0.3, 0.4) is 0 Å². The van der Waals surface area contributed by atoms with Gasteiger partial charge in [-0.1, -0.05) is 20.8 Å². The lowest BCUT2D eigenvalue weighted by Gasteiger charge is -2.20. The van der Waals surface area contributed by atoms with E-state index in [1.165, 1.54) is 0 Å². The van der Waals surface area contributed by atoms with E-state index in [2.05, 4.69) is 20.8 Å². The van der Waals surface area contributed by atoms with E-state index in [4.69, 9.17) is 14.2 Å². The number of carbonyl (C=O) groups is 1. The van der Waals surface area contributed by atoms with Gasteiger partial charge >= 0.3 is 5.97 Å². The zero-order chi connectivity index (χ0) is 12.5. The van der Waals surface area contributed by atoms with Gasteiger partial charge < -0.3 is 14.2 Å². The topological polar surface area (TPSA) is 44.8 Å². The molecular weight excluding hydrogens is 220 g/mol. The minimum absolute atomic E-state index is 0.0337. The zero-order valence-corrected chi connectivity index (χ0v) is 10.9. The molecule has 0 aromatic carbocycles. The van der Waals surface area contributed by atoms with Gasteiger partial charge in [0, 0.05) is 13.0 Å². The summed E-state index contributed by atoms with van der Waals surface area (Å²) in [6, 6.07) is 0. The molecular formula is C13H22O4. The maximum absolute atomic E-state index is 11.7. The first kappa shape index (κ1) is 12.8. The van der Waals surface area contributed by atoms with Crippen molar-refractivity contribution in [2.24, 2.45) is 5.41 Å². The molecule has 0 spiro atoms. The van der Waals surface area contributed by atoms with Crippen LogP contribution in [0.5, 0.6) is 0 Å². The van der Waals surface area contributed by atoms with Crippen molar-refractivity contribution < 1.29 is 19.0 Å². The number of fused-ring (bicyclic) bond motifs is 1. The van der Waals surface area contributed by atoms with Gasteiger partial charge in [-0.3, -0.25) is 4.79 Å². The van der Waals surface area contributed by atoms with E-state index in [1.54, 1.807) is 0 Å². The highest BCUT2D eigenvalue weighted by molar-refractivity contribution is 5.69. The fourth-order valence-corrected chi connectivity index (χ4v) is 2.24. The normalized spacial score (nSPS) is 32.5. The first-order chi connectivity index (χ1) is 7.96. The molecule has 0 N–H and O–H groups in total. The van der Waals surface area contributed by atoms with E-state index >= 15 is 0 Å². The van der Waals surface area contributed by atoms with Crippen molar-refractivity contribution in [3.63, 3.8) is 0 Å². The highest BCUT2D eigenvalue weighted by Crippen LogP contribution is 2.29. The Morgan fingerprint density at radius 2 is 2.12 bits per heavy atom. The lowest BCUT2D eigenvalue weighted by Crippen LogP contribution is -2.32. The van der Waals surface area contributed by atoms with E-state index < -0.39 is 0 Å². The molecule has 2 saturated heterocycles. The molecule has 4 heteroatoms. The quantitative estimate of drug-likeness (QED) is 0.709. The summed E-state index contributed by atoms with van der Waals surface area (Å²) in [6.07, 6.45) is 2.13. The van der Waals surface area contributed by atoms with E-state index in [9.17, 15) is 4.79 Å². The van der Waals surface area contributed by atoms with Gasteiger partial charge in [0.2, 0.25) is 0 Å². The third-order valence-electron chi connectivity index (χ3n) is 3.28. The van der Waals surface area contributed by atoms with Crippen LogP contribution in [0.15, 0.2) is 0 Å². The van der Waals surface area contributed by atoms with Crippen LogP contribution in [0.4, 0.5) is 0 Å². The molecule has 0 radical (unpaired) electrons. The number of rotatable bonds is 3. The molecule has 0 aromatic heterocycles. The van der Waals surface area contributed by atoms with Gasteiger partial charge in [-0.2, -0.15) is 0 Å². The van der Waals surface area contributed by atoms with Crippen molar-refractivity contribution >= 4 is 5.97 Å². The van der Waals surface area contributed by atoms with Crippen LogP contribution in [0.25, 0.3) is 0 Å². The van der Waals surface area contributed by atoms with Gasteiger partial charge in [0.05, 0.1) is 12.7 Å². The van der Waals surface area contributed by atoms with Gasteiger partial charge in [0.15, 0.2) is 6.10 Å². The number of hydrogen-bond donors (Lipinski definition) is 0. The second kappa shape index (κ2) is 4.94. The van der Waals surface area contributed by atoms with Gasteiger partial charge in [0.1, 0.15) is 6.10 Å². The average molecular weight is 242 g/mol. The van der Waals surface area contributed by atoms with Crippen LogP contribution >= 0.6 is 0 Å². The number of esters is 1. The molecule has 0 bridgehead atoms. The van der Waals surface area contributed by atoms with Crippen molar-refractivity contribution in [1.82, 2.24) is 0 Å². The predicted octanol–water partition coefficient (Wildman–Crippen LogP) is 1.91. The third-order valence-corrected chi connectivity index (χ3v) is 3.28. The van der Waals surface area contributed by atoms with E-state index in [0.717, 1.165) is 12.8 Å². The maximum atomic E-state index is 11.7. The summed E-state index contributed by atoms with van der Waals surface area (Å²) in [5.74, 6) is -0.135. The second-order valence-corrected chi connectivity index (χ2v) is 6.08. The minimum Gasteiger partial charge on any atom is -0.457 e. The Kier molecular flexibility index (Phi) is 3.73. The molecule has 0 amide bonds. The summed E-state index contributed by atoms with van der Waals surface area (Å²) in [7, 11) is 0. The zero-order valence-electron chi connectivity index (χ0n) is 10.9. The first-order valence-corrected chi connectivity index (χ1v) is 6.38.